The van der Waals surface area contributed by atoms with E-state index in [-0.39, 0.29) is 0 Å². The molecule has 0 saturated carbocycles. The van der Waals surface area contributed by atoms with Crippen LogP contribution in [0.25, 0.3) is 0 Å². The van der Waals surface area contributed by atoms with Gasteiger partial charge in [-0.15, -0.1) is 0 Å². The highest BCUT2D eigenvalue weighted by Crippen LogP contribution is 2.37. The van der Waals surface area contributed by atoms with Crippen molar-refractivity contribution in [2.24, 2.45) is 0 Å². The van der Waals surface area contributed by atoms with Crippen molar-refractivity contribution in [2.45, 2.75) is 31.8 Å². The van der Waals surface area contributed by atoms with E-state index in [2.05, 4.69) is 58.5 Å². The van der Waals surface area contributed by atoms with E-state index in [1.165, 1.54) is 11.1 Å². The highest BCUT2D eigenvalue weighted by molar-refractivity contribution is 9.10. The lowest BCUT2D eigenvalue weighted by atomic mass is 10.0. The van der Waals surface area contributed by atoms with E-state index in [1.807, 2.05) is 6.07 Å². The molecule has 0 radical (unpaired) electrons. The molecule has 0 aliphatic heterocycles. The fourth-order valence-electron chi connectivity index (χ4n) is 2.96. The molecule has 1 aliphatic carbocycles. The Bertz CT molecular complexity index is 609. The first-order valence-electron chi connectivity index (χ1n) is 6.97. The highest BCUT2D eigenvalue weighted by atomic mass is 79.9. The van der Waals surface area contributed by atoms with Crippen LogP contribution in [-0.4, -0.2) is 5.11 Å². The van der Waals surface area contributed by atoms with E-state index in [4.69, 9.17) is 0 Å². The minimum Gasteiger partial charge on any atom is -0.508 e. The Morgan fingerprint density at radius 2 is 1.95 bits per heavy atom. The van der Waals surface area contributed by atoms with Crippen LogP contribution in [0.4, 0.5) is 0 Å². The monoisotopic (exact) mass is 331 g/mol. The largest absolute Gasteiger partial charge is 0.508 e. The molecule has 2 unspecified atom stereocenters. The van der Waals surface area contributed by atoms with Gasteiger partial charge in [-0.05, 0) is 54.7 Å². The van der Waals surface area contributed by atoms with Crippen LogP contribution in [-0.2, 0) is 6.42 Å². The van der Waals surface area contributed by atoms with Crippen molar-refractivity contribution in [3.63, 3.8) is 0 Å². The lowest BCUT2D eigenvalue weighted by Crippen LogP contribution is -2.22. The molecule has 0 fully saturated rings. The van der Waals surface area contributed by atoms with Gasteiger partial charge in [0.15, 0.2) is 0 Å². The molecule has 0 heterocycles. The number of benzene rings is 2. The molecule has 0 spiro atoms. The van der Waals surface area contributed by atoms with Crippen LogP contribution in [0.15, 0.2) is 46.9 Å². The molecule has 2 aromatic rings. The lowest BCUT2D eigenvalue weighted by Gasteiger charge is -2.21. The molecule has 0 saturated heterocycles. The summed E-state index contributed by atoms with van der Waals surface area (Å²) in [6.07, 6.45) is 2.00. The highest BCUT2D eigenvalue weighted by Gasteiger charge is 2.25. The number of aromatic hydroxyl groups is 1. The third-order valence-corrected chi connectivity index (χ3v) is 4.60. The van der Waals surface area contributed by atoms with Crippen molar-refractivity contribution in [1.82, 2.24) is 5.32 Å². The van der Waals surface area contributed by atoms with Crippen LogP contribution in [0.1, 0.15) is 42.1 Å². The topological polar surface area (TPSA) is 32.3 Å². The fourth-order valence-corrected chi connectivity index (χ4v) is 3.22. The normalized spacial score (nSPS) is 18.8. The Morgan fingerprint density at radius 1 is 1.20 bits per heavy atom. The van der Waals surface area contributed by atoms with Crippen LogP contribution in [0, 0.1) is 0 Å². The summed E-state index contributed by atoms with van der Waals surface area (Å²) in [5.74, 6) is 0.433. The van der Waals surface area contributed by atoms with E-state index >= 15 is 0 Å². The van der Waals surface area contributed by atoms with Gasteiger partial charge in [0.25, 0.3) is 0 Å². The summed E-state index contributed by atoms with van der Waals surface area (Å²) in [4.78, 5) is 0. The summed E-state index contributed by atoms with van der Waals surface area (Å²) >= 11 is 3.46. The summed E-state index contributed by atoms with van der Waals surface area (Å²) in [5.41, 5.74) is 3.63. The number of halogens is 1. The van der Waals surface area contributed by atoms with Crippen molar-refractivity contribution in [1.29, 1.82) is 0 Å². The van der Waals surface area contributed by atoms with E-state index in [1.54, 1.807) is 6.07 Å². The predicted molar refractivity (Wildman–Crippen MR) is 84.9 cm³/mol. The van der Waals surface area contributed by atoms with Gasteiger partial charge >= 0.3 is 0 Å². The first kappa shape index (κ1) is 13.7. The molecule has 0 aromatic heterocycles. The van der Waals surface area contributed by atoms with Crippen LogP contribution in [0.2, 0.25) is 0 Å². The van der Waals surface area contributed by atoms with E-state index in [9.17, 15) is 5.11 Å². The van der Waals surface area contributed by atoms with Gasteiger partial charge in [0, 0.05) is 16.6 Å². The molecule has 2 nitrogen and oxygen atoms in total. The molecular weight excluding hydrogens is 314 g/mol. The van der Waals surface area contributed by atoms with Gasteiger partial charge in [0.2, 0.25) is 0 Å². The standard InChI is InChI=1S/C17H18BrNO/c1-11(12-5-7-13(18)8-6-12)19-16-10-9-15-14(16)3-2-4-17(15)20/h2-8,11,16,19-20H,9-10H2,1H3. The van der Waals surface area contributed by atoms with Gasteiger partial charge in [-0.25, -0.2) is 0 Å². The van der Waals surface area contributed by atoms with Crippen molar-refractivity contribution < 1.29 is 5.11 Å². The number of fused-ring (bicyclic) bond motifs is 1. The number of rotatable bonds is 3. The van der Waals surface area contributed by atoms with Crippen molar-refractivity contribution in [3.8, 4) is 5.75 Å². The molecule has 0 amide bonds. The van der Waals surface area contributed by atoms with E-state index < -0.39 is 0 Å². The summed E-state index contributed by atoms with van der Waals surface area (Å²) in [5, 5.41) is 13.6. The quantitative estimate of drug-likeness (QED) is 0.868. The fraction of sp³-hybridized carbons (Fsp3) is 0.294. The van der Waals surface area contributed by atoms with Crippen LogP contribution in [0.5, 0.6) is 5.75 Å². The maximum Gasteiger partial charge on any atom is 0.119 e. The number of phenols is 1. The smallest absolute Gasteiger partial charge is 0.119 e. The minimum atomic E-state index is 0.293. The zero-order chi connectivity index (χ0) is 14.1. The number of phenolic OH excluding ortho intramolecular Hbond substituents is 1. The van der Waals surface area contributed by atoms with Crippen molar-refractivity contribution in [3.05, 3.63) is 63.6 Å². The SMILES string of the molecule is CC(NC1CCc2c(O)cccc21)c1ccc(Br)cc1. The molecule has 1 aliphatic rings. The number of hydrogen-bond acceptors (Lipinski definition) is 2. The molecule has 3 heteroatoms. The Morgan fingerprint density at radius 3 is 2.70 bits per heavy atom. The number of hydrogen-bond donors (Lipinski definition) is 2. The van der Waals surface area contributed by atoms with Crippen LogP contribution >= 0.6 is 15.9 Å². The summed E-state index contributed by atoms with van der Waals surface area (Å²) in [7, 11) is 0. The second-order valence-electron chi connectivity index (χ2n) is 5.38. The van der Waals surface area contributed by atoms with Gasteiger partial charge in [-0.2, -0.15) is 0 Å². The number of nitrogens with one attached hydrogen (secondary N) is 1. The zero-order valence-corrected chi connectivity index (χ0v) is 13.0. The van der Waals surface area contributed by atoms with Crippen LogP contribution in [0.3, 0.4) is 0 Å². The van der Waals surface area contributed by atoms with Crippen LogP contribution < -0.4 is 5.32 Å². The molecule has 104 valence electrons. The molecule has 2 aromatic carbocycles. The molecule has 20 heavy (non-hydrogen) atoms. The third kappa shape index (κ3) is 2.60. The third-order valence-electron chi connectivity index (χ3n) is 4.07. The summed E-state index contributed by atoms with van der Waals surface area (Å²) in [6.45, 7) is 2.18. The second kappa shape index (κ2) is 5.58. The maximum atomic E-state index is 9.90. The molecule has 2 N–H and O–H groups in total. The van der Waals surface area contributed by atoms with Gasteiger partial charge in [0.05, 0.1) is 0 Å². The average Bonchev–Trinajstić information content (AvgIpc) is 2.84. The molecule has 0 bridgehead atoms. The first-order chi connectivity index (χ1) is 9.65. The van der Waals surface area contributed by atoms with Gasteiger partial charge < -0.3 is 10.4 Å². The van der Waals surface area contributed by atoms with Crippen molar-refractivity contribution in [2.75, 3.05) is 0 Å². The minimum absolute atomic E-state index is 0.293. The Labute approximate surface area is 128 Å². The first-order valence-corrected chi connectivity index (χ1v) is 7.76. The molecular formula is C17H18BrNO. The summed E-state index contributed by atoms with van der Waals surface area (Å²) in [6, 6.07) is 14.9. The average molecular weight is 332 g/mol. The molecule has 2 atom stereocenters. The van der Waals surface area contributed by atoms with E-state index in [0.29, 0.717) is 17.8 Å². The van der Waals surface area contributed by atoms with Crippen molar-refractivity contribution >= 4 is 15.9 Å². The Hall–Kier alpha value is -1.32. The Kier molecular flexibility index (Phi) is 3.81. The van der Waals surface area contributed by atoms with Gasteiger partial charge in [-0.1, -0.05) is 40.2 Å². The molecule has 3 rings (SSSR count). The van der Waals surface area contributed by atoms with Gasteiger partial charge in [-0.3, -0.25) is 0 Å². The lowest BCUT2D eigenvalue weighted by molar-refractivity contribution is 0.465. The second-order valence-corrected chi connectivity index (χ2v) is 6.29. The zero-order valence-electron chi connectivity index (χ0n) is 11.4. The maximum absolute atomic E-state index is 9.90. The van der Waals surface area contributed by atoms with Gasteiger partial charge in [0.1, 0.15) is 5.75 Å². The predicted octanol–water partition coefficient (Wildman–Crippen LogP) is 4.49. The summed E-state index contributed by atoms with van der Waals surface area (Å²) < 4.78 is 1.10. The van der Waals surface area contributed by atoms with E-state index in [0.717, 1.165) is 22.9 Å². The Balaban J connectivity index is 1.77.